The second kappa shape index (κ2) is 16.9. The van der Waals surface area contributed by atoms with E-state index in [0.29, 0.717) is 37.6 Å². The van der Waals surface area contributed by atoms with Gasteiger partial charge in [0.05, 0.1) is 51.3 Å². The first-order valence-electron chi connectivity index (χ1n) is 14.4. The van der Waals surface area contributed by atoms with Gasteiger partial charge in [-0.25, -0.2) is 9.48 Å². The fraction of sp³-hybridized carbons (Fsp3) is 0.312. The van der Waals surface area contributed by atoms with Gasteiger partial charge in [-0.2, -0.15) is 8.75 Å². The zero-order valence-corrected chi connectivity index (χ0v) is 26.6. The molecule has 45 heavy (non-hydrogen) atoms. The van der Waals surface area contributed by atoms with Gasteiger partial charge in [-0.3, -0.25) is 11.3 Å². The van der Waals surface area contributed by atoms with Crippen LogP contribution in [0.2, 0.25) is 0 Å². The Balaban J connectivity index is 0.000000354. The van der Waals surface area contributed by atoms with E-state index >= 15 is 0 Å². The largest absolute Gasteiger partial charge is 0.515 e. The lowest BCUT2D eigenvalue weighted by Crippen LogP contribution is -2.20. The van der Waals surface area contributed by atoms with Crippen LogP contribution in [0.25, 0.3) is 11.0 Å². The lowest BCUT2D eigenvalue weighted by molar-refractivity contribution is 0.100. The van der Waals surface area contributed by atoms with Gasteiger partial charge >= 0.3 is 6.16 Å². The highest BCUT2D eigenvalue weighted by Crippen LogP contribution is 2.33. The molecule has 0 unspecified atom stereocenters. The molecule has 13 heteroatoms. The maximum absolute atomic E-state index is 12.3. The second-order valence-electron chi connectivity index (χ2n) is 9.73. The van der Waals surface area contributed by atoms with Gasteiger partial charge in [-0.15, -0.1) is 5.10 Å². The van der Waals surface area contributed by atoms with Crippen LogP contribution in [-0.4, -0.2) is 52.1 Å². The van der Waals surface area contributed by atoms with Gasteiger partial charge < -0.3 is 23.7 Å². The number of nitrogens with two attached hydrogens (primary N) is 1. The molecule has 0 saturated heterocycles. The molecule has 0 amide bonds. The number of aromatic nitrogens is 4. The smallest absolute Gasteiger partial charge is 0.497 e. The van der Waals surface area contributed by atoms with Crippen LogP contribution in [0.15, 0.2) is 66.7 Å². The van der Waals surface area contributed by atoms with E-state index in [1.165, 1.54) is 11.7 Å². The lowest BCUT2D eigenvalue weighted by Gasteiger charge is -2.11. The molecule has 0 atom stereocenters. The van der Waals surface area contributed by atoms with Gasteiger partial charge in [0, 0.05) is 13.0 Å². The van der Waals surface area contributed by atoms with Gasteiger partial charge in [0.25, 0.3) is 0 Å². The van der Waals surface area contributed by atoms with Crippen molar-refractivity contribution in [3.8, 4) is 23.3 Å². The van der Waals surface area contributed by atoms with Crippen LogP contribution < -0.4 is 30.2 Å². The summed E-state index contributed by atoms with van der Waals surface area (Å²) in [6.45, 7) is 5.44. The van der Waals surface area contributed by atoms with Crippen molar-refractivity contribution < 1.29 is 28.5 Å². The molecular weight excluding hydrogens is 596 g/mol. The summed E-state index contributed by atoms with van der Waals surface area (Å²) in [6.07, 6.45) is 0.447. The number of hydrogen-bond acceptors (Lipinski definition) is 12. The summed E-state index contributed by atoms with van der Waals surface area (Å²) in [5.74, 6) is 7.45. The minimum Gasteiger partial charge on any atom is -0.497 e. The van der Waals surface area contributed by atoms with E-state index in [1.807, 2.05) is 73.7 Å². The minimum absolute atomic E-state index is 0.199. The Morgan fingerprint density at radius 3 is 2.31 bits per heavy atom. The topological polar surface area (TPSA) is 145 Å². The highest BCUT2D eigenvalue weighted by molar-refractivity contribution is 7.00. The second-order valence-corrected chi connectivity index (χ2v) is 10.3. The molecular formula is C32H38N6O6S. The number of rotatable bonds is 13. The number of nitrogens with one attached hydrogen (secondary N) is 1. The van der Waals surface area contributed by atoms with E-state index in [1.54, 1.807) is 25.8 Å². The number of nitrogens with zero attached hydrogens (tertiary/aromatic N) is 4. The molecule has 2 aromatic heterocycles. The Bertz CT molecular complexity index is 1670. The van der Waals surface area contributed by atoms with Gasteiger partial charge in [-0.1, -0.05) is 37.3 Å². The van der Waals surface area contributed by atoms with Crippen molar-refractivity contribution in [2.24, 2.45) is 5.84 Å². The third kappa shape index (κ3) is 9.38. The average molecular weight is 635 g/mol. The Morgan fingerprint density at radius 2 is 1.62 bits per heavy atom. The van der Waals surface area contributed by atoms with Gasteiger partial charge in [-0.05, 0) is 66.4 Å². The van der Waals surface area contributed by atoms with Crippen molar-refractivity contribution in [3.05, 3.63) is 89.0 Å². The fourth-order valence-electron chi connectivity index (χ4n) is 4.36. The van der Waals surface area contributed by atoms with E-state index in [-0.39, 0.29) is 12.5 Å². The third-order valence-corrected chi connectivity index (χ3v) is 7.01. The molecule has 0 spiro atoms. The zero-order chi connectivity index (χ0) is 32.0. The summed E-state index contributed by atoms with van der Waals surface area (Å²) in [7, 11) is 3.26. The molecule has 0 aliphatic heterocycles. The maximum Gasteiger partial charge on any atom is 0.515 e. The quantitative estimate of drug-likeness (QED) is 0.0960. The molecule has 0 bridgehead atoms. The number of fused-ring (bicyclic) bond motifs is 1. The molecule has 0 aliphatic rings. The predicted molar refractivity (Wildman–Crippen MR) is 172 cm³/mol. The highest BCUT2D eigenvalue weighted by Gasteiger charge is 2.24. The van der Waals surface area contributed by atoms with E-state index in [9.17, 15) is 4.79 Å². The summed E-state index contributed by atoms with van der Waals surface area (Å²) < 4.78 is 37.2. The van der Waals surface area contributed by atoms with Crippen LogP contribution in [0.5, 0.6) is 23.3 Å². The number of hydrogen-bond donors (Lipinski definition) is 2. The van der Waals surface area contributed by atoms with E-state index in [4.69, 9.17) is 29.5 Å². The van der Waals surface area contributed by atoms with Crippen LogP contribution in [0.1, 0.15) is 42.5 Å². The molecule has 0 aliphatic carbocycles. The summed E-state index contributed by atoms with van der Waals surface area (Å²) in [5.41, 5.74) is 7.91. The number of carbonyl (C=O) groups is 1. The summed E-state index contributed by atoms with van der Waals surface area (Å²) in [5, 5.41) is 4.66. The minimum atomic E-state index is -0.795. The van der Waals surface area contributed by atoms with Crippen molar-refractivity contribution in [2.45, 2.75) is 39.8 Å². The zero-order valence-electron chi connectivity index (χ0n) is 25.8. The first kappa shape index (κ1) is 33.2. The van der Waals surface area contributed by atoms with Gasteiger partial charge in [0.2, 0.25) is 11.8 Å². The molecule has 3 N–H and O–H groups in total. The van der Waals surface area contributed by atoms with Crippen LogP contribution in [0.3, 0.4) is 0 Å². The highest BCUT2D eigenvalue weighted by atomic mass is 32.1. The number of carbonyl (C=O) groups excluding carboxylic acids is 1. The third-order valence-electron chi connectivity index (χ3n) is 6.45. The standard InChI is InChI=1S/C24H26N4O5S.C8H12N2O/c1-4-11-32-22-19(13-16-9-10-20-21(14-16)27-34-26-20)23(33-24(29)31-5-2)28(25-22)15-17-7-6-8-18(12-17)30-3;1-11-8-4-2-3-7(5-8)6-10-9/h6-10,12,14H,4-5,11,13,15H2,1-3H3;2-5,10H,6,9H2,1H3. The molecule has 0 fully saturated rings. The summed E-state index contributed by atoms with van der Waals surface area (Å²) in [6, 6.07) is 21.3. The van der Waals surface area contributed by atoms with Crippen LogP contribution >= 0.6 is 11.7 Å². The molecule has 238 valence electrons. The molecule has 5 aromatic rings. The molecule has 3 aromatic carbocycles. The summed E-state index contributed by atoms with van der Waals surface area (Å²) in [4.78, 5) is 12.3. The molecule has 5 rings (SSSR count). The number of methoxy groups -OCH3 is 2. The monoisotopic (exact) mass is 634 g/mol. The summed E-state index contributed by atoms with van der Waals surface area (Å²) >= 11 is 1.17. The normalized spacial score (nSPS) is 10.6. The Hall–Kier alpha value is -4.72. The Kier molecular flexibility index (Phi) is 12.5. The molecule has 0 radical (unpaired) electrons. The fourth-order valence-corrected chi connectivity index (χ4v) is 4.88. The maximum atomic E-state index is 12.3. The van der Waals surface area contributed by atoms with Crippen molar-refractivity contribution in [1.29, 1.82) is 0 Å². The SMILES string of the molecule is CCCOc1nn(Cc2cccc(OC)c2)c(OC(=O)OCC)c1Cc1ccc2nsnc2c1.COc1cccc(CNN)c1. The van der Waals surface area contributed by atoms with E-state index in [2.05, 4.69) is 19.3 Å². The first-order valence-corrected chi connectivity index (χ1v) is 15.2. The van der Waals surface area contributed by atoms with Crippen LogP contribution in [-0.2, 0) is 24.2 Å². The Morgan fingerprint density at radius 1 is 0.911 bits per heavy atom. The van der Waals surface area contributed by atoms with Gasteiger partial charge in [0.1, 0.15) is 22.5 Å². The number of ether oxygens (including phenoxy) is 5. The predicted octanol–water partition coefficient (Wildman–Crippen LogP) is 5.52. The number of hydrazine groups is 1. The molecule has 12 nitrogen and oxygen atoms in total. The average Bonchev–Trinajstić information content (AvgIpc) is 3.65. The van der Waals surface area contributed by atoms with Crippen molar-refractivity contribution in [3.63, 3.8) is 0 Å². The first-order chi connectivity index (χ1) is 22.0. The van der Waals surface area contributed by atoms with Crippen molar-refractivity contribution in [2.75, 3.05) is 27.4 Å². The van der Waals surface area contributed by atoms with Crippen molar-refractivity contribution in [1.82, 2.24) is 24.0 Å². The van der Waals surface area contributed by atoms with E-state index in [0.717, 1.165) is 45.6 Å². The molecule has 0 saturated carbocycles. The van der Waals surface area contributed by atoms with Crippen molar-refractivity contribution >= 4 is 28.9 Å². The van der Waals surface area contributed by atoms with Crippen LogP contribution in [0.4, 0.5) is 4.79 Å². The lowest BCUT2D eigenvalue weighted by atomic mass is 10.1. The Labute approximate surface area is 266 Å². The number of benzene rings is 3. The van der Waals surface area contributed by atoms with Gasteiger partial charge in [0.15, 0.2) is 0 Å². The van der Waals surface area contributed by atoms with E-state index < -0.39 is 6.16 Å². The van der Waals surface area contributed by atoms with Crippen LogP contribution in [0, 0.1) is 0 Å². The molecule has 2 heterocycles.